The molecule has 1 aromatic heterocycles. The van der Waals surface area contributed by atoms with Crippen LogP contribution in [-0.4, -0.2) is 23.6 Å². The first-order valence-electron chi connectivity index (χ1n) is 6.73. The molecular formula is C14H23Cl2IN4. The van der Waals surface area contributed by atoms with E-state index >= 15 is 0 Å². The molecule has 0 spiro atoms. The lowest BCUT2D eigenvalue weighted by molar-refractivity contribution is 0.785. The van der Waals surface area contributed by atoms with Crippen LogP contribution in [-0.2, 0) is 13.6 Å². The molecule has 7 heteroatoms. The van der Waals surface area contributed by atoms with Gasteiger partial charge in [-0.3, -0.25) is 0 Å². The molecule has 0 saturated carbocycles. The normalized spacial score (nSPS) is 11.6. The average Bonchev–Trinajstić information content (AvgIpc) is 2.68. The van der Waals surface area contributed by atoms with Crippen LogP contribution >= 0.6 is 47.2 Å². The summed E-state index contributed by atoms with van der Waals surface area (Å²) < 4.78 is 1.84. The number of nitrogens with one attached hydrogen (secondary N) is 2. The molecule has 1 aromatic rings. The van der Waals surface area contributed by atoms with E-state index in [1.165, 1.54) is 0 Å². The molecule has 4 nitrogen and oxygen atoms in total. The Bertz CT molecular complexity index is 484. The third kappa shape index (κ3) is 6.93. The number of aromatic nitrogens is 1. The Morgan fingerprint density at radius 3 is 2.62 bits per heavy atom. The Kier molecular flexibility index (Phi) is 11.0. The van der Waals surface area contributed by atoms with Crippen molar-refractivity contribution in [2.45, 2.75) is 26.8 Å². The maximum atomic E-state index is 6.04. The molecular weight excluding hydrogens is 422 g/mol. The minimum absolute atomic E-state index is 0. The maximum Gasteiger partial charge on any atom is 0.191 e. The van der Waals surface area contributed by atoms with Gasteiger partial charge in [0.15, 0.2) is 5.96 Å². The maximum absolute atomic E-state index is 6.04. The summed E-state index contributed by atoms with van der Waals surface area (Å²) in [5, 5.41) is 7.59. The van der Waals surface area contributed by atoms with E-state index in [2.05, 4.69) is 21.7 Å². The van der Waals surface area contributed by atoms with Crippen molar-refractivity contribution in [3.05, 3.63) is 34.1 Å². The van der Waals surface area contributed by atoms with Crippen LogP contribution in [0.2, 0.25) is 10.2 Å². The van der Waals surface area contributed by atoms with E-state index in [0.717, 1.165) is 31.2 Å². The van der Waals surface area contributed by atoms with E-state index in [-0.39, 0.29) is 24.0 Å². The number of halogens is 3. The lowest BCUT2D eigenvalue weighted by Gasteiger charge is -2.10. The highest BCUT2D eigenvalue weighted by atomic mass is 127. The number of rotatable bonds is 6. The summed E-state index contributed by atoms with van der Waals surface area (Å²) in [4.78, 5) is 4.53. The number of nitrogens with zero attached hydrogens (tertiary/aromatic N) is 2. The summed E-state index contributed by atoms with van der Waals surface area (Å²) in [7, 11) is 1.88. The van der Waals surface area contributed by atoms with Crippen molar-refractivity contribution in [2.24, 2.45) is 12.0 Å². The molecule has 2 N–H and O–H groups in total. The van der Waals surface area contributed by atoms with Crippen molar-refractivity contribution in [3.63, 3.8) is 0 Å². The number of allylic oxidation sites excluding steroid dienone is 1. The van der Waals surface area contributed by atoms with Crippen LogP contribution < -0.4 is 10.6 Å². The van der Waals surface area contributed by atoms with Crippen LogP contribution in [0.15, 0.2) is 23.2 Å². The Morgan fingerprint density at radius 2 is 2.10 bits per heavy atom. The Hall–Kier alpha value is -0.400. The van der Waals surface area contributed by atoms with Gasteiger partial charge in [-0.1, -0.05) is 35.4 Å². The summed E-state index contributed by atoms with van der Waals surface area (Å²) in [5.74, 6) is 0.797. The van der Waals surface area contributed by atoms with Gasteiger partial charge in [0, 0.05) is 25.8 Å². The summed E-state index contributed by atoms with van der Waals surface area (Å²) in [5.41, 5.74) is 0.977. The minimum atomic E-state index is 0. The van der Waals surface area contributed by atoms with E-state index in [1.54, 1.807) is 0 Å². The smallest absolute Gasteiger partial charge is 0.191 e. The lowest BCUT2D eigenvalue weighted by Crippen LogP contribution is -2.37. The van der Waals surface area contributed by atoms with Gasteiger partial charge in [0.1, 0.15) is 5.15 Å². The highest BCUT2D eigenvalue weighted by Crippen LogP contribution is 2.25. The lowest BCUT2D eigenvalue weighted by atomic mass is 10.4. The molecule has 0 bridgehead atoms. The van der Waals surface area contributed by atoms with Gasteiger partial charge < -0.3 is 15.2 Å². The van der Waals surface area contributed by atoms with Crippen LogP contribution in [0.4, 0.5) is 0 Å². The minimum Gasteiger partial charge on any atom is -0.357 e. The number of hydrogen-bond acceptors (Lipinski definition) is 1. The predicted molar refractivity (Wildman–Crippen MR) is 103 cm³/mol. The van der Waals surface area contributed by atoms with Crippen molar-refractivity contribution in [3.8, 4) is 0 Å². The second kappa shape index (κ2) is 11.2. The van der Waals surface area contributed by atoms with Crippen molar-refractivity contribution < 1.29 is 0 Å². The highest BCUT2D eigenvalue weighted by Gasteiger charge is 2.08. The standard InChI is InChI=1S/C14H22Cl2N4.HI/c1-4-6-7-8-18-14(17-5-2)19-10-11-9-12(15)13(16)20(11)3;/h4,6,9H,5,7-8,10H2,1-3H3,(H2,17,18,19);1H/b6-4+;. The molecule has 0 atom stereocenters. The SMILES string of the molecule is C/C=C/CCNC(=NCc1cc(Cl)c(Cl)n1C)NCC.I. The van der Waals surface area contributed by atoms with Gasteiger partial charge in [-0.2, -0.15) is 0 Å². The van der Waals surface area contributed by atoms with Crippen LogP contribution in [0.1, 0.15) is 26.0 Å². The summed E-state index contributed by atoms with van der Waals surface area (Å²) in [6.07, 6.45) is 5.13. The molecule has 21 heavy (non-hydrogen) atoms. The van der Waals surface area contributed by atoms with Gasteiger partial charge in [-0.25, -0.2) is 4.99 Å². The van der Waals surface area contributed by atoms with Gasteiger partial charge in [-0.15, -0.1) is 24.0 Å². The van der Waals surface area contributed by atoms with Crippen LogP contribution in [0.25, 0.3) is 0 Å². The molecule has 0 unspecified atom stereocenters. The first-order chi connectivity index (χ1) is 9.60. The van der Waals surface area contributed by atoms with E-state index in [1.807, 2.05) is 37.6 Å². The Balaban J connectivity index is 0.00000400. The van der Waals surface area contributed by atoms with E-state index in [9.17, 15) is 0 Å². The van der Waals surface area contributed by atoms with Crippen molar-refractivity contribution >= 4 is 53.1 Å². The van der Waals surface area contributed by atoms with Gasteiger partial charge in [0.25, 0.3) is 0 Å². The van der Waals surface area contributed by atoms with Crippen LogP contribution in [0.3, 0.4) is 0 Å². The fourth-order valence-electron chi connectivity index (χ4n) is 1.68. The fraction of sp³-hybridized carbons (Fsp3) is 0.500. The first kappa shape index (κ1) is 20.6. The van der Waals surface area contributed by atoms with E-state index in [0.29, 0.717) is 16.7 Å². The zero-order chi connectivity index (χ0) is 15.0. The third-order valence-corrected chi connectivity index (χ3v) is 3.64. The molecule has 0 aliphatic rings. The number of guanidine groups is 1. The zero-order valence-electron chi connectivity index (χ0n) is 12.6. The summed E-state index contributed by atoms with van der Waals surface area (Å²) in [6, 6.07) is 1.84. The van der Waals surface area contributed by atoms with Crippen LogP contribution in [0.5, 0.6) is 0 Å². The summed E-state index contributed by atoms with van der Waals surface area (Å²) >= 11 is 12.0. The molecule has 0 saturated heterocycles. The molecule has 1 rings (SSSR count). The Labute approximate surface area is 154 Å². The van der Waals surface area contributed by atoms with Crippen molar-refractivity contribution in [1.82, 2.24) is 15.2 Å². The second-order valence-electron chi connectivity index (χ2n) is 4.31. The topological polar surface area (TPSA) is 41.4 Å². The first-order valence-corrected chi connectivity index (χ1v) is 7.48. The largest absolute Gasteiger partial charge is 0.357 e. The monoisotopic (exact) mass is 444 g/mol. The predicted octanol–water partition coefficient (Wildman–Crippen LogP) is 3.97. The van der Waals surface area contributed by atoms with Crippen molar-refractivity contribution in [2.75, 3.05) is 13.1 Å². The molecule has 0 aliphatic carbocycles. The van der Waals surface area contributed by atoms with E-state index < -0.39 is 0 Å². The van der Waals surface area contributed by atoms with Gasteiger partial charge in [-0.05, 0) is 26.3 Å². The average molecular weight is 445 g/mol. The van der Waals surface area contributed by atoms with E-state index in [4.69, 9.17) is 23.2 Å². The molecule has 0 aromatic carbocycles. The summed E-state index contributed by atoms with van der Waals surface area (Å²) in [6.45, 7) is 6.26. The quantitative estimate of drug-likeness (QED) is 0.229. The zero-order valence-corrected chi connectivity index (χ0v) is 16.5. The molecule has 0 radical (unpaired) electrons. The van der Waals surface area contributed by atoms with Gasteiger partial charge >= 0.3 is 0 Å². The number of hydrogen-bond donors (Lipinski definition) is 2. The molecule has 0 fully saturated rings. The Morgan fingerprint density at radius 1 is 1.38 bits per heavy atom. The number of aliphatic imine (C=N–C) groups is 1. The van der Waals surface area contributed by atoms with Crippen molar-refractivity contribution in [1.29, 1.82) is 0 Å². The van der Waals surface area contributed by atoms with Gasteiger partial charge in [0.2, 0.25) is 0 Å². The van der Waals surface area contributed by atoms with Crippen LogP contribution in [0, 0.1) is 0 Å². The molecule has 120 valence electrons. The second-order valence-corrected chi connectivity index (χ2v) is 5.08. The highest BCUT2D eigenvalue weighted by molar-refractivity contribution is 14.0. The van der Waals surface area contributed by atoms with Gasteiger partial charge in [0.05, 0.1) is 11.6 Å². The third-order valence-electron chi connectivity index (χ3n) is 2.80. The fourth-order valence-corrected chi connectivity index (χ4v) is 2.10. The molecule has 1 heterocycles. The molecule has 0 aliphatic heterocycles. The molecule has 0 amide bonds.